The normalized spacial score (nSPS) is 23.8. The van der Waals surface area contributed by atoms with Gasteiger partial charge in [0.1, 0.15) is 5.92 Å². The summed E-state index contributed by atoms with van der Waals surface area (Å²) in [6.45, 7) is 6.90. The summed E-state index contributed by atoms with van der Waals surface area (Å²) in [5, 5.41) is 0. The summed E-state index contributed by atoms with van der Waals surface area (Å²) in [5.74, 6) is 0.0644. The molecule has 0 aromatic heterocycles. The average Bonchev–Trinajstić information content (AvgIpc) is 3.08. The molecule has 3 rings (SSSR count). The number of fused-ring (bicyclic) bond motifs is 1. The minimum absolute atomic E-state index is 0.131. The van der Waals surface area contributed by atoms with Gasteiger partial charge in [-0.25, -0.2) is 9.37 Å². The van der Waals surface area contributed by atoms with Crippen molar-refractivity contribution in [3.05, 3.63) is 42.0 Å². The van der Waals surface area contributed by atoms with E-state index in [1.807, 2.05) is 61.9 Å². The van der Waals surface area contributed by atoms with Crippen molar-refractivity contribution in [3.8, 4) is 0 Å². The lowest BCUT2D eigenvalue weighted by Gasteiger charge is -2.16. The number of ether oxygens (including phenoxy) is 1. The molecule has 1 aliphatic carbocycles. The largest absolute Gasteiger partial charge is 0.461 e. The van der Waals surface area contributed by atoms with Crippen LogP contribution in [0.4, 0.5) is 0 Å². The van der Waals surface area contributed by atoms with E-state index >= 15 is 0 Å². The van der Waals surface area contributed by atoms with Crippen LogP contribution in [0.2, 0.25) is 0 Å². The third-order valence-corrected chi connectivity index (χ3v) is 4.79. The van der Waals surface area contributed by atoms with Gasteiger partial charge in [0.05, 0.1) is 12.5 Å². The van der Waals surface area contributed by atoms with Gasteiger partial charge in [-0.3, -0.25) is 4.79 Å². The first-order chi connectivity index (χ1) is 11.5. The van der Waals surface area contributed by atoms with Crippen molar-refractivity contribution >= 4 is 23.5 Å². The van der Waals surface area contributed by atoms with Crippen LogP contribution in [-0.2, 0) is 14.3 Å². The first-order valence-electron chi connectivity index (χ1n) is 8.61. The fourth-order valence-corrected chi connectivity index (χ4v) is 3.71. The number of benzene rings is 1. The second-order valence-corrected chi connectivity index (χ2v) is 6.79. The molecule has 0 fully saturated rings. The molecule has 4 heteroatoms. The van der Waals surface area contributed by atoms with E-state index in [0.717, 1.165) is 11.1 Å². The Morgan fingerprint density at radius 3 is 2.58 bits per heavy atom. The smallest absolute Gasteiger partial charge is 0.375 e. The predicted molar refractivity (Wildman–Crippen MR) is 92.9 cm³/mol. The molecule has 0 N–H and O–H groups in total. The Kier molecular flexibility index (Phi) is 4.65. The van der Waals surface area contributed by atoms with Crippen LogP contribution in [0.3, 0.4) is 0 Å². The summed E-state index contributed by atoms with van der Waals surface area (Å²) in [6.07, 6.45) is 4.02. The number of nitrogens with zero attached hydrogens (tertiary/aromatic N) is 1. The maximum absolute atomic E-state index is 12.8. The molecule has 0 amide bonds. The van der Waals surface area contributed by atoms with Gasteiger partial charge in [-0.2, -0.15) is 0 Å². The highest BCUT2D eigenvalue weighted by Crippen LogP contribution is 2.36. The molecular weight excluding hydrogens is 302 g/mol. The van der Waals surface area contributed by atoms with Crippen LogP contribution in [0.5, 0.6) is 0 Å². The molecule has 1 heterocycles. The Morgan fingerprint density at radius 1 is 1.29 bits per heavy atom. The minimum Gasteiger partial charge on any atom is -0.461 e. The van der Waals surface area contributed by atoms with Gasteiger partial charge in [-0.15, -0.1) is 0 Å². The van der Waals surface area contributed by atoms with Gasteiger partial charge in [0, 0.05) is 11.5 Å². The van der Waals surface area contributed by atoms with Crippen molar-refractivity contribution in [2.45, 2.75) is 26.8 Å². The van der Waals surface area contributed by atoms with Gasteiger partial charge in [-0.1, -0.05) is 50.3 Å². The van der Waals surface area contributed by atoms with E-state index in [2.05, 4.69) is 6.08 Å². The lowest BCUT2D eigenvalue weighted by molar-refractivity contribution is -0.554. The molecular formula is C20H24NO3+. The third-order valence-electron chi connectivity index (χ3n) is 4.79. The Hall–Kier alpha value is -2.23. The monoisotopic (exact) mass is 326 g/mol. The maximum atomic E-state index is 12.8. The van der Waals surface area contributed by atoms with E-state index < -0.39 is 0 Å². The first kappa shape index (κ1) is 16.6. The lowest BCUT2D eigenvalue weighted by atomic mass is 9.97. The highest BCUT2D eigenvalue weighted by molar-refractivity contribution is 6.28. The number of carbonyl (C=O) groups is 2. The van der Waals surface area contributed by atoms with Gasteiger partial charge in [-0.05, 0) is 12.5 Å². The molecule has 1 aromatic rings. The quantitative estimate of drug-likeness (QED) is 0.617. The number of Topliss-reactive ketones (excluding diaryl/α,β-unsaturated/α-hetero) is 1. The zero-order chi connectivity index (χ0) is 17.3. The van der Waals surface area contributed by atoms with E-state index in [1.165, 1.54) is 0 Å². The van der Waals surface area contributed by atoms with Gasteiger partial charge >= 0.3 is 5.97 Å². The Labute approximate surface area is 142 Å². The van der Waals surface area contributed by atoms with Gasteiger partial charge in [0.2, 0.25) is 0 Å². The first-order valence-corrected chi connectivity index (χ1v) is 8.61. The van der Waals surface area contributed by atoms with Crippen molar-refractivity contribution < 1.29 is 18.9 Å². The Morgan fingerprint density at radius 2 is 2.00 bits per heavy atom. The number of ketones is 1. The van der Waals surface area contributed by atoms with Crippen molar-refractivity contribution in [1.82, 2.24) is 0 Å². The van der Waals surface area contributed by atoms with Crippen molar-refractivity contribution in [2.24, 2.45) is 17.8 Å². The SMILES string of the molecule is CCOC(=O)[C@H](C(C)C)[N+]1=C[C@H]2C(=O)C(c3ccccc3)=C[C@H]2C1. The van der Waals surface area contributed by atoms with E-state index in [-0.39, 0.29) is 35.5 Å². The summed E-state index contributed by atoms with van der Waals surface area (Å²) >= 11 is 0. The molecule has 4 nitrogen and oxygen atoms in total. The van der Waals surface area contributed by atoms with E-state index in [0.29, 0.717) is 13.2 Å². The molecule has 0 unspecified atom stereocenters. The number of esters is 1. The topological polar surface area (TPSA) is 46.4 Å². The zero-order valence-corrected chi connectivity index (χ0v) is 14.4. The maximum Gasteiger partial charge on any atom is 0.375 e. The van der Waals surface area contributed by atoms with Crippen LogP contribution in [0.1, 0.15) is 26.3 Å². The van der Waals surface area contributed by atoms with Crippen molar-refractivity contribution in [2.75, 3.05) is 13.2 Å². The van der Waals surface area contributed by atoms with Crippen LogP contribution in [0.15, 0.2) is 36.4 Å². The molecule has 0 bridgehead atoms. The molecule has 0 saturated carbocycles. The van der Waals surface area contributed by atoms with Crippen LogP contribution < -0.4 is 0 Å². The average molecular weight is 326 g/mol. The summed E-state index contributed by atoms with van der Waals surface area (Å²) < 4.78 is 7.22. The number of rotatable bonds is 5. The lowest BCUT2D eigenvalue weighted by Crippen LogP contribution is -2.40. The standard InChI is InChI=1S/C20H24NO3/c1-4-24-20(23)18(13(2)3)21-11-15-10-16(19(22)17(15)12-21)14-8-6-5-7-9-14/h5-10,12-13,15,17-18H,4,11H2,1-3H3/q+1/t15-,17+,18-/m0/s1. The summed E-state index contributed by atoms with van der Waals surface area (Å²) in [7, 11) is 0. The predicted octanol–water partition coefficient (Wildman–Crippen LogP) is 2.57. The molecule has 1 aliphatic heterocycles. The van der Waals surface area contributed by atoms with E-state index in [9.17, 15) is 9.59 Å². The van der Waals surface area contributed by atoms with Crippen molar-refractivity contribution in [1.29, 1.82) is 0 Å². The van der Waals surface area contributed by atoms with Gasteiger partial charge in [0.25, 0.3) is 6.04 Å². The molecule has 0 radical (unpaired) electrons. The molecule has 3 atom stereocenters. The number of allylic oxidation sites excluding steroid dienone is 1. The minimum atomic E-state index is -0.322. The molecule has 126 valence electrons. The Balaban J connectivity index is 1.81. The highest BCUT2D eigenvalue weighted by atomic mass is 16.5. The number of carbonyl (C=O) groups excluding carboxylic acids is 2. The third kappa shape index (κ3) is 2.93. The van der Waals surface area contributed by atoms with Crippen LogP contribution in [-0.4, -0.2) is 41.7 Å². The Bertz CT molecular complexity index is 703. The number of hydrogen-bond donors (Lipinski definition) is 0. The van der Waals surface area contributed by atoms with Crippen molar-refractivity contribution in [3.63, 3.8) is 0 Å². The fraction of sp³-hybridized carbons (Fsp3) is 0.450. The second kappa shape index (κ2) is 6.71. The molecule has 24 heavy (non-hydrogen) atoms. The number of hydrogen-bond acceptors (Lipinski definition) is 3. The van der Waals surface area contributed by atoms with E-state index in [1.54, 1.807) is 0 Å². The van der Waals surface area contributed by atoms with Crippen LogP contribution in [0, 0.1) is 17.8 Å². The molecule has 2 aliphatic rings. The molecule has 0 spiro atoms. The summed E-state index contributed by atoms with van der Waals surface area (Å²) in [4.78, 5) is 25.1. The zero-order valence-electron chi connectivity index (χ0n) is 14.4. The molecule has 0 saturated heterocycles. The fourth-order valence-electron chi connectivity index (χ4n) is 3.71. The summed E-state index contributed by atoms with van der Waals surface area (Å²) in [6, 6.07) is 9.46. The van der Waals surface area contributed by atoms with E-state index in [4.69, 9.17) is 4.74 Å². The van der Waals surface area contributed by atoms with Gasteiger partial charge in [0.15, 0.2) is 18.5 Å². The van der Waals surface area contributed by atoms with Crippen LogP contribution in [0.25, 0.3) is 5.57 Å². The van der Waals surface area contributed by atoms with Gasteiger partial charge < -0.3 is 4.74 Å². The highest BCUT2D eigenvalue weighted by Gasteiger charge is 2.48. The summed E-state index contributed by atoms with van der Waals surface area (Å²) in [5.41, 5.74) is 1.78. The van der Waals surface area contributed by atoms with Crippen LogP contribution >= 0.6 is 0 Å². The molecule has 1 aromatic carbocycles. The second-order valence-electron chi connectivity index (χ2n) is 6.79.